The highest BCUT2D eigenvalue weighted by Gasteiger charge is 2.57. The van der Waals surface area contributed by atoms with Crippen LogP contribution in [0.4, 0.5) is 0 Å². The third-order valence-electron chi connectivity index (χ3n) is 7.50. The molecule has 2 amide bonds. The molecule has 2 fully saturated rings. The molecule has 1 N–H and O–H groups in total. The van der Waals surface area contributed by atoms with Gasteiger partial charge in [-0.05, 0) is 40.5 Å². The summed E-state index contributed by atoms with van der Waals surface area (Å²) in [6, 6.07) is 26.9. The summed E-state index contributed by atoms with van der Waals surface area (Å²) in [4.78, 5) is 41.9. The van der Waals surface area contributed by atoms with Crippen LogP contribution in [0.5, 0.6) is 0 Å². The van der Waals surface area contributed by atoms with Crippen molar-refractivity contribution >= 4 is 29.5 Å². The first-order valence-electron chi connectivity index (χ1n) is 13.5. The van der Waals surface area contributed by atoms with Crippen LogP contribution in [-0.2, 0) is 30.3 Å². The molecule has 3 unspecified atom stereocenters. The predicted molar refractivity (Wildman–Crippen MR) is 152 cm³/mol. The maximum Gasteiger partial charge on any atom is 0.334 e. The van der Waals surface area contributed by atoms with Crippen molar-refractivity contribution in [2.24, 2.45) is 0 Å². The van der Waals surface area contributed by atoms with Gasteiger partial charge < -0.3 is 19.7 Å². The number of carbonyl (C=O) groups excluding carboxylic acids is 3. The van der Waals surface area contributed by atoms with E-state index in [1.165, 1.54) is 11.8 Å². The molecule has 0 aliphatic carbocycles. The smallest absolute Gasteiger partial charge is 0.334 e. The van der Waals surface area contributed by atoms with Crippen molar-refractivity contribution in [2.75, 3.05) is 6.61 Å². The molecule has 3 heterocycles. The molecule has 7 nitrogen and oxygen atoms in total. The van der Waals surface area contributed by atoms with Crippen molar-refractivity contribution in [3.63, 3.8) is 0 Å². The van der Waals surface area contributed by atoms with Crippen LogP contribution >= 0.6 is 11.8 Å². The molecule has 0 saturated carbocycles. The summed E-state index contributed by atoms with van der Waals surface area (Å²) in [6.07, 6.45) is 0.964. The van der Waals surface area contributed by atoms with Gasteiger partial charge in [0.25, 0.3) is 0 Å². The number of thioether (sulfide) groups is 1. The van der Waals surface area contributed by atoms with Gasteiger partial charge in [-0.1, -0.05) is 91.0 Å². The van der Waals surface area contributed by atoms with Crippen LogP contribution in [0.25, 0.3) is 0 Å². The van der Waals surface area contributed by atoms with Gasteiger partial charge in [0.1, 0.15) is 11.4 Å². The van der Waals surface area contributed by atoms with Gasteiger partial charge in [0.2, 0.25) is 11.8 Å². The lowest BCUT2D eigenvalue weighted by Gasteiger charge is -2.52. The number of nitrogens with zero attached hydrogens (tertiary/aromatic N) is 1. The number of ether oxygens (including phenoxy) is 2. The molecule has 40 heavy (non-hydrogen) atoms. The van der Waals surface area contributed by atoms with Crippen molar-refractivity contribution in [2.45, 2.75) is 48.9 Å². The molecule has 6 rings (SSSR count). The van der Waals surface area contributed by atoms with Gasteiger partial charge in [0.15, 0.2) is 12.1 Å². The Bertz CT molecular complexity index is 1350. The lowest BCUT2D eigenvalue weighted by Crippen LogP contribution is -2.74. The standard InChI is InChI=1S/C32H30N2O5S/c35-26(19-21-11-4-1-5-12-21)33-27-30(36)34-28(24(20-40-31(27)34)25-17-10-18-38-25)32(37)39-29(22-13-6-2-7-14-22)23-15-8-3-9-16-23/h1-9,11-16,20,25,27-29,31H,10,17-19H2,(H,33,35)/t25?,27-,28?,31?/m1/s1. The lowest BCUT2D eigenvalue weighted by atomic mass is 9.93. The summed E-state index contributed by atoms with van der Waals surface area (Å²) < 4.78 is 12.2. The molecule has 3 aliphatic rings. The van der Waals surface area contributed by atoms with Crippen molar-refractivity contribution in [3.8, 4) is 0 Å². The average Bonchev–Trinajstić information content (AvgIpc) is 3.54. The van der Waals surface area contributed by atoms with E-state index in [1.54, 1.807) is 4.90 Å². The van der Waals surface area contributed by atoms with E-state index in [2.05, 4.69) is 5.32 Å². The molecular formula is C32H30N2O5S. The number of esters is 1. The minimum atomic E-state index is -0.918. The van der Waals surface area contributed by atoms with Crippen LogP contribution in [0, 0.1) is 0 Å². The third kappa shape index (κ3) is 5.29. The number of carbonyl (C=O) groups is 3. The molecule has 0 bridgehead atoms. The first-order valence-corrected chi connectivity index (χ1v) is 14.5. The number of hydrogen-bond acceptors (Lipinski definition) is 6. The van der Waals surface area contributed by atoms with E-state index in [0.29, 0.717) is 6.61 Å². The summed E-state index contributed by atoms with van der Waals surface area (Å²) in [5.41, 5.74) is 3.29. The highest BCUT2D eigenvalue weighted by molar-refractivity contribution is 8.03. The van der Waals surface area contributed by atoms with E-state index < -0.39 is 29.5 Å². The fourth-order valence-corrected chi connectivity index (χ4v) is 6.80. The van der Waals surface area contributed by atoms with Crippen molar-refractivity contribution < 1.29 is 23.9 Å². The SMILES string of the molecule is O=C(Cc1ccccc1)N[C@@H]1C(=O)N2C(C(=O)OC(c3ccccc3)c3ccccc3)C(C3CCCO3)=CSC12. The zero-order valence-corrected chi connectivity index (χ0v) is 22.7. The number of β-lactam (4-membered cyclic amide) rings is 1. The molecule has 0 spiro atoms. The molecule has 0 aromatic heterocycles. The second kappa shape index (κ2) is 11.7. The van der Waals surface area contributed by atoms with E-state index in [1.807, 2.05) is 96.4 Å². The largest absolute Gasteiger partial charge is 0.451 e. The number of nitrogens with one attached hydrogen (secondary N) is 1. The van der Waals surface area contributed by atoms with Crippen LogP contribution < -0.4 is 5.32 Å². The average molecular weight is 555 g/mol. The summed E-state index contributed by atoms with van der Waals surface area (Å²) in [5.74, 6) is -1.03. The summed E-state index contributed by atoms with van der Waals surface area (Å²) in [5, 5.41) is 4.42. The maximum atomic E-state index is 14.0. The van der Waals surface area contributed by atoms with Crippen molar-refractivity contribution in [1.29, 1.82) is 0 Å². The number of rotatable bonds is 8. The van der Waals surface area contributed by atoms with Crippen LogP contribution in [0.1, 0.15) is 35.6 Å². The zero-order valence-electron chi connectivity index (χ0n) is 21.8. The molecule has 8 heteroatoms. The van der Waals surface area contributed by atoms with Crippen molar-refractivity contribution in [1.82, 2.24) is 10.2 Å². The fraction of sp³-hybridized carbons (Fsp3) is 0.281. The van der Waals surface area contributed by atoms with Gasteiger partial charge >= 0.3 is 5.97 Å². The quantitative estimate of drug-likeness (QED) is 0.328. The minimum absolute atomic E-state index is 0.181. The number of fused-ring (bicyclic) bond motifs is 1. The van der Waals surface area contributed by atoms with E-state index in [9.17, 15) is 14.4 Å². The highest BCUT2D eigenvalue weighted by Crippen LogP contribution is 2.43. The minimum Gasteiger partial charge on any atom is -0.451 e. The number of benzene rings is 3. The molecule has 204 valence electrons. The number of hydrogen-bond donors (Lipinski definition) is 1. The van der Waals surface area contributed by atoms with Crippen molar-refractivity contribution in [3.05, 3.63) is 119 Å². The molecule has 3 aromatic carbocycles. The number of amides is 2. The topological polar surface area (TPSA) is 84.9 Å². The Morgan fingerprint density at radius 1 is 0.950 bits per heavy atom. The van der Waals surface area contributed by atoms with E-state index in [4.69, 9.17) is 9.47 Å². The molecular weight excluding hydrogens is 524 g/mol. The first-order chi connectivity index (χ1) is 19.6. The van der Waals surface area contributed by atoms with Crippen LogP contribution in [0.15, 0.2) is 102 Å². The van der Waals surface area contributed by atoms with E-state index in [-0.39, 0.29) is 24.3 Å². The van der Waals surface area contributed by atoms with Gasteiger partial charge in [-0.25, -0.2) is 4.79 Å². The summed E-state index contributed by atoms with van der Waals surface area (Å²) in [7, 11) is 0. The predicted octanol–water partition coefficient (Wildman–Crippen LogP) is 4.39. The van der Waals surface area contributed by atoms with Gasteiger partial charge in [-0.3, -0.25) is 9.59 Å². The molecule has 3 aromatic rings. The molecule has 4 atom stereocenters. The third-order valence-corrected chi connectivity index (χ3v) is 8.69. The lowest BCUT2D eigenvalue weighted by molar-refractivity contribution is -0.166. The molecule has 3 aliphatic heterocycles. The van der Waals surface area contributed by atoms with Gasteiger partial charge in [-0.15, -0.1) is 11.8 Å². The van der Waals surface area contributed by atoms with E-state index >= 15 is 0 Å². The van der Waals surface area contributed by atoms with Crippen LogP contribution in [-0.4, -0.2) is 52.9 Å². The normalized spacial score (nSPS) is 23.7. The first kappa shape index (κ1) is 26.3. The second-order valence-electron chi connectivity index (χ2n) is 10.1. The Balaban J connectivity index is 1.25. The molecule has 0 radical (unpaired) electrons. The highest BCUT2D eigenvalue weighted by atomic mass is 32.2. The summed E-state index contributed by atoms with van der Waals surface area (Å²) in [6.45, 7) is 0.612. The monoisotopic (exact) mass is 554 g/mol. The second-order valence-corrected chi connectivity index (χ2v) is 11.1. The molecule has 2 saturated heterocycles. The van der Waals surface area contributed by atoms with Gasteiger partial charge in [-0.2, -0.15) is 0 Å². The zero-order chi connectivity index (χ0) is 27.5. The fourth-order valence-electron chi connectivity index (χ4n) is 5.52. The van der Waals surface area contributed by atoms with Gasteiger partial charge in [0.05, 0.1) is 12.5 Å². The Morgan fingerprint density at radius 2 is 1.57 bits per heavy atom. The summed E-state index contributed by atoms with van der Waals surface area (Å²) >= 11 is 1.44. The Morgan fingerprint density at radius 3 is 2.17 bits per heavy atom. The Kier molecular flexibility index (Phi) is 7.71. The maximum absolute atomic E-state index is 14.0. The van der Waals surface area contributed by atoms with E-state index in [0.717, 1.165) is 35.1 Å². The van der Waals surface area contributed by atoms with Crippen LogP contribution in [0.2, 0.25) is 0 Å². The van der Waals surface area contributed by atoms with Gasteiger partial charge in [0, 0.05) is 6.61 Å². The Labute approximate surface area is 237 Å². The Hall–Kier alpha value is -3.88. The van der Waals surface area contributed by atoms with Crippen LogP contribution in [0.3, 0.4) is 0 Å².